The predicted molar refractivity (Wildman–Crippen MR) is 288 cm³/mol. The minimum Gasteiger partial charge on any atom is -0.377 e. The molecule has 3 aromatic carbocycles. The zero-order chi connectivity index (χ0) is 65.6. The highest BCUT2D eigenvalue weighted by Gasteiger charge is 2.23. The number of carbonyl (C=O) groups excluding carboxylic acids is 1. The molecule has 0 saturated carbocycles. The summed E-state index contributed by atoms with van der Waals surface area (Å²) in [5.41, 5.74) is 15.8. The number of unbranched alkanes of at least 4 members (excludes halogenated alkanes) is 1. The van der Waals surface area contributed by atoms with Gasteiger partial charge in [0.15, 0.2) is 0 Å². The summed E-state index contributed by atoms with van der Waals surface area (Å²) >= 11 is 0. The van der Waals surface area contributed by atoms with Gasteiger partial charge in [0, 0.05) is 133 Å². The summed E-state index contributed by atoms with van der Waals surface area (Å²) in [6, 6.07) is 15.6. The molecule has 2 aromatic heterocycles. The Balaban J connectivity index is 1.09. The van der Waals surface area contributed by atoms with E-state index in [0.29, 0.717) is 46.6 Å². The smallest absolute Gasteiger partial charge is 0.377 e. The molecule has 1 unspecified atom stereocenters. The summed E-state index contributed by atoms with van der Waals surface area (Å²) in [7, 11) is -5.07. The van der Waals surface area contributed by atoms with Crippen LogP contribution in [-0.4, -0.2) is 103 Å². The second-order valence-electron chi connectivity index (χ2n) is 15.9. The van der Waals surface area contributed by atoms with Gasteiger partial charge in [0.25, 0.3) is 10.1 Å². The summed E-state index contributed by atoms with van der Waals surface area (Å²) in [6.07, 6.45) is 3.96. The van der Waals surface area contributed by atoms with Gasteiger partial charge in [-0.05, 0) is 139 Å². The molecule has 5 rings (SSSR count). The standard InChI is InChI=1S/C35H45N44O11PS/c1-77(2)33-10-5-9-32-31(33)8-6-11-34(32)92(83,84)89-15-4-3-13-85-24-27-22-78(73-39-27)29-18-26(20-35(80)38-12-7-14-88-91(81,82)90-76-72-70-68-66-64-62-60-58-56-54-52-50-48-46-44-42-37)19-30(21-29)79-23-28(40-74-79)25-86-16-17-87-75-71-69-67-65-63-61-59-57-55-53-51-49-47-45-43-41-36/h5-6,8-11,18-19,21-23,36-37H,3-4,7,12-17,20,24-25H2,1-2H3,(H,38,80)(H,81,82)/b41-36?,42-37?,45-43+,46-44+,49-47+,50-48+,53-51+,54-52+,57-55+,58-56+,61-59+,62-60+,65-63+,66-64+,69-67+,70-68+,75-71+,76-72+. The number of hydrogen-bond acceptors (Lipinski definition) is 19. The highest BCUT2D eigenvalue weighted by atomic mass is 32.2. The van der Waals surface area contributed by atoms with Gasteiger partial charge in [-0.1, -0.05) is 34.7 Å². The number of nitrogens with zero attached hydrogens (tertiary/aromatic N) is 41. The fourth-order valence-electron chi connectivity index (χ4n) is 6.28. The number of phosphoric ester groups is 1. The average molecular weight is 1320 g/mol. The number of rotatable bonds is 43. The maximum absolute atomic E-state index is 13.2. The lowest BCUT2D eigenvalue weighted by molar-refractivity contribution is -0.120. The number of aromatic nitrogens is 6. The number of phosphoric acid groups is 1. The van der Waals surface area contributed by atoms with E-state index in [1.165, 1.54) is 15.4 Å². The van der Waals surface area contributed by atoms with Crippen LogP contribution in [0.5, 0.6) is 0 Å². The zero-order valence-corrected chi connectivity index (χ0v) is 48.8. The van der Waals surface area contributed by atoms with E-state index in [0.717, 1.165) is 11.1 Å². The minimum absolute atomic E-state index is 0.000328. The Hall–Kier alpha value is -12.1. The number of amides is 1. The third-order valence-electron chi connectivity index (χ3n) is 9.67. The Kier molecular flexibility index (Phi) is 32.1. The van der Waals surface area contributed by atoms with Gasteiger partial charge in [-0.25, -0.2) is 13.9 Å². The average Bonchev–Trinajstić information content (AvgIpc) is 0.919. The molecule has 1 amide bonds. The van der Waals surface area contributed by atoms with Gasteiger partial charge in [0.2, 0.25) is 5.91 Å². The quantitative estimate of drug-likeness (QED) is 0.00926. The molecule has 0 fully saturated rings. The molecule has 57 heteroatoms. The third-order valence-corrected chi connectivity index (χ3v) is 11.8. The number of fused-ring (bicyclic) bond motifs is 1. The highest BCUT2D eigenvalue weighted by molar-refractivity contribution is 7.87. The van der Waals surface area contributed by atoms with Crippen molar-refractivity contribution in [2.24, 2.45) is 178 Å². The van der Waals surface area contributed by atoms with Gasteiger partial charge in [-0.3, -0.25) is 23.0 Å². The van der Waals surface area contributed by atoms with Crippen molar-refractivity contribution in [3.05, 3.63) is 83.9 Å². The first-order chi connectivity index (χ1) is 44.9. The van der Waals surface area contributed by atoms with Crippen LogP contribution in [0.4, 0.5) is 5.69 Å². The van der Waals surface area contributed by atoms with Crippen molar-refractivity contribution in [2.45, 2.75) is 43.8 Å². The lowest BCUT2D eigenvalue weighted by Crippen LogP contribution is -2.26. The van der Waals surface area contributed by atoms with Gasteiger partial charge in [-0.2, -0.15) is 19.5 Å². The molecule has 0 radical (unpaired) electrons. The normalized spacial score (nSPS) is 13.7. The predicted octanol–water partition coefficient (Wildman–Crippen LogP) is 10.3. The van der Waals surface area contributed by atoms with E-state index in [-0.39, 0.29) is 70.5 Å². The number of ether oxygens (including phenoxy) is 2. The molecule has 92 heavy (non-hydrogen) atoms. The molecule has 0 aliphatic heterocycles. The van der Waals surface area contributed by atoms with E-state index in [4.69, 9.17) is 34.1 Å². The second-order valence-corrected chi connectivity index (χ2v) is 18.9. The Bertz CT molecular complexity index is 3820. The summed E-state index contributed by atoms with van der Waals surface area (Å²) in [5, 5.41) is 123. The van der Waals surface area contributed by atoms with Crippen molar-refractivity contribution in [3.8, 4) is 11.4 Å². The van der Waals surface area contributed by atoms with Gasteiger partial charge < -0.3 is 24.5 Å². The molecular weight excluding hydrogens is 1280 g/mol. The van der Waals surface area contributed by atoms with Crippen molar-refractivity contribution in [1.82, 2.24) is 35.3 Å². The van der Waals surface area contributed by atoms with Gasteiger partial charge in [0.1, 0.15) is 22.9 Å². The van der Waals surface area contributed by atoms with Crippen LogP contribution >= 0.6 is 7.82 Å². The van der Waals surface area contributed by atoms with Gasteiger partial charge >= 0.3 is 7.82 Å². The lowest BCUT2D eigenvalue weighted by atomic mass is 10.1. The molecule has 0 saturated heterocycles. The van der Waals surface area contributed by atoms with E-state index < -0.39 is 23.8 Å². The molecule has 5 aromatic rings. The number of hydrogen-bond donors (Lipinski definition) is 4. The van der Waals surface area contributed by atoms with Crippen molar-refractivity contribution < 1.29 is 50.3 Å². The molecule has 1 atom stereocenters. The van der Waals surface area contributed by atoms with E-state index in [1.807, 2.05) is 31.1 Å². The van der Waals surface area contributed by atoms with Gasteiger partial charge in [-0.15, -0.1) is 10.2 Å². The highest BCUT2D eigenvalue weighted by Crippen LogP contribution is 2.43. The van der Waals surface area contributed by atoms with E-state index in [1.54, 1.807) is 48.8 Å². The molecule has 0 aliphatic carbocycles. The second kappa shape index (κ2) is 41.9. The molecule has 2 heterocycles. The molecular formula is C35H45N44O11PS. The maximum Gasteiger partial charge on any atom is 0.549 e. The summed E-state index contributed by atoms with van der Waals surface area (Å²) < 4.78 is 67.5. The lowest BCUT2D eigenvalue weighted by Gasteiger charge is -2.16. The van der Waals surface area contributed by atoms with Crippen molar-refractivity contribution in [2.75, 3.05) is 58.6 Å². The fraction of sp³-hybridized carbons (Fsp3) is 0.400. The summed E-state index contributed by atoms with van der Waals surface area (Å²) in [5.74, 6) is -0.444. The molecule has 55 nitrogen and oxygen atoms in total. The van der Waals surface area contributed by atoms with Crippen LogP contribution < -0.4 is 10.2 Å². The number of carbonyl (C=O) groups is 1. The van der Waals surface area contributed by atoms with Crippen molar-refractivity contribution in [3.63, 3.8) is 0 Å². The topological polar surface area (TPSA) is 689 Å². The molecule has 4 N–H and O–H groups in total. The number of nitrogens with one attached hydrogen (secondary N) is 3. The molecule has 0 aliphatic rings. The SMILES string of the molecule is CN(C)c1cccc2c(S(=O)(=O)OCCCCOCc3cn(-c4cc(CC(=O)NCCCOP(=O)(O)O/N=N/N=N/N=N/N=N/N=N/N=N/N=N/N=N/N=N)cc(-n5cc(COCCO/N=N/N=N/N=N/N=N/N=N/N=N/N=N/N=N/N=N)nn5)c4)nn3)cccc12. The van der Waals surface area contributed by atoms with Crippen LogP contribution in [0.3, 0.4) is 0 Å². The third kappa shape index (κ3) is 28.6. The van der Waals surface area contributed by atoms with E-state index >= 15 is 0 Å². The van der Waals surface area contributed by atoms with E-state index in [9.17, 15) is 22.7 Å². The Morgan fingerprint density at radius 3 is 1.57 bits per heavy atom. The first-order valence-corrected chi connectivity index (χ1v) is 27.7. The Labute approximate surface area is 511 Å². The maximum atomic E-state index is 13.2. The largest absolute Gasteiger partial charge is 0.549 e. The fourth-order valence-corrected chi connectivity index (χ4v) is 7.97. The van der Waals surface area contributed by atoms with Crippen LogP contribution in [0, 0.1) is 11.1 Å². The van der Waals surface area contributed by atoms with Crippen molar-refractivity contribution >= 4 is 40.3 Å². The van der Waals surface area contributed by atoms with Crippen molar-refractivity contribution in [1.29, 1.82) is 11.1 Å². The van der Waals surface area contributed by atoms with Crippen LogP contribution in [-0.2, 0) is 66.8 Å². The molecule has 0 bridgehead atoms. The minimum atomic E-state index is -4.77. The molecule has 0 spiro atoms. The summed E-state index contributed by atoms with van der Waals surface area (Å²) in [6.45, 7) is -0.149. The van der Waals surface area contributed by atoms with Crippen LogP contribution in [0.2, 0.25) is 0 Å². The number of benzene rings is 3. The molecule has 482 valence electrons. The van der Waals surface area contributed by atoms with Crippen LogP contribution in [0.1, 0.15) is 36.2 Å². The first-order valence-electron chi connectivity index (χ1n) is 24.8. The number of anilines is 1. The zero-order valence-electron chi connectivity index (χ0n) is 47.1. The van der Waals surface area contributed by atoms with Crippen LogP contribution in [0.25, 0.3) is 22.1 Å². The summed E-state index contributed by atoms with van der Waals surface area (Å²) in [4.78, 5) is 30.0. The van der Waals surface area contributed by atoms with Crippen LogP contribution in [0.15, 0.2) is 250 Å². The van der Waals surface area contributed by atoms with Gasteiger partial charge in [0.05, 0.1) is 68.5 Å². The Morgan fingerprint density at radius 1 is 0.576 bits per heavy atom. The first kappa shape index (κ1) is 70.6. The monoisotopic (exact) mass is 1320 g/mol. The Morgan fingerprint density at radius 2 is 1.04 bits per heavy atom. The van der Waals surface area contributed by atoms with E-state index in [2.05, 4.69) is 208 Å².